The summed E-state index contributed by atoms with van der Waals surface area (Å²) in [5, 5.41) is 0.397. The number of likely N-dealkylation sites (tertiary alicyclic amines) is 1. The van der Waals surface area contributed by atoms with Gasteiger partial charge in [0.25, 0.3) is 5.91 Å². The second kappa shape index (κ2) is 9.63. The fourth-order valence-electron chi connectivity index (χ4n) is 3.27. The van der Waals surface area contributed by atoms with E-state index in [4.69, 9.17) is 21.1 Å². The predicted molar refractivity (Wildman–Crippen MR) is 113 cm³/mol. The van der Waals surface area contributed by atoms with Gasteiger partial charge in [0, 0.05) is 23.7 Å². The summed E-state index contributed by atoms with van der Waals surface area (Å²) < 4.78 is 10.3. The van der Waals surface area contributed by atoms with E-state index in [1.54, 1.807) is 48.2 Å². The van der Waals surface area contributed by atoms with Gasteiger partial charge in [-0.3, -0.25) is 14.5 Å². The van der Waals surface area contributed by atoms with Crippen molar-refractivity contribution in [2.24, 2.45) is 0 Å². The molecule has 0 radical (unpaired) electrons. The first-order valence-corrected chi connectivity index (χ1v) is 10.0. The number of carbonyl (C=O) groups excluding carboxylic acids is 3. The molecule has 0 aromatic heterocycles. The van der Waals surface area contributed by atoms with E-state index in [2.05, 4.69) is 0 Å². The summed E-state index contributed by atoms with van der Waals surface area (Å²) in [4.78, 5) is 40.7. The molecule has 8 heteroatoms. The Morgan fingerprint density at radius 2 is 1.90 bits per heavy atom. The van der Waals surface area contributed by atoms with Crippen molar-refractivity contribution >= 4 is 35.1 Å². The van der Waals surface area contributed by atoms with Crippen LogP contribution in [0.4, 0.5) is 5.69 Å². The maximum Gasteiger partial charge on any atom is 0.338 e. The van der Waals surface area contributed by atoms with Crippen LogP contribution in [0.2, 0.25) is 5.02 Å². The Morgan fingerprint density at radius 3 is 2.50 bits per heavy atom. The molecule has 1 fully saturated rings. The minimum atomic E-state index is -0.437. The lowest BCUT2D eigenvalue weighted by Gasteiger charge is -2.28. The van der Waals surface area contributed by atoms with Crippen molar-refractivity contribution in [3.05, 3.63) is 58.6 Å². The van der Waals surface area contributed by atoms with E-state index in [9.17, 15) is 14.4 Å². The number of amides is 2. The van der Waals surface area contributed by atoms with Crippen molar-refractivity contribution in [3.63, 3.8) is 0 Å². The van der Waals surface area contributed by atoms with Crippen LogP contribution in [0.3, 0.4) is 0 Å². The quantitative estimate of drug-likeness (QED) is 0.625. The van der Waals surface area contributed by atoms with E-state index in [1.165, 1.54) is 18.1 Å². The van der Waals surface area contributed by atoms with E-state index in [-0.39, 0.29) is 30.7 Å². The van der Waals surface area contributed by atoms with Crippen LogP contribution in [-0.2, 0) is 9.53 Å². The lowest BCUT2D eigenvalue weighted by atomic mass is 10.1. The fourth-order valence-corrected chi connectivity index (χ4v) is 3.44. The molecular formula is C22H23ClN2O5. The number of esters is 1. The van der Waals surface area contributed by atoms with Crippen molar-refractivity contribution in [1.82, 2.24) is 4.90 Å². The average molecular weight is 431 g/mol. The van der Waals surface area contributed by atoms with Gasteiger partial charge >= 0.3 is 5.97 Å². The number of hydrogen-bond acceptors (Lipinski definition) is 5. The third-order valence-corrected chi connectivity index (χ3v) is 5.05. The Hall–Kier alpha value is -3.06. The highest BCUT2D eigenvalue weighted by Crippen LogP contribution is 2.27. The van der Waals surface area contributed by atoms with E-state index >= 15 is 0 Å². The lowest BCUT2D eigenvalue weighted by Crippen LogP contribution is -2.42. The molecule has 7 nitrogen and oxygen atoms in total. The first-order valence-electron chi connectivity index (χ1n) is 9.65. The SMILES string of the molecule is CCOC(=O)c1ccc(N(CN2CCCC2=O)C(=O)c2cc(Cl)ccc2OC)cc1. The molecule has 30 heavy (non-hydrogen) atoms. The Labute approximate surface area is 180 Å². The Morgan fingerprint density at radius 1 is 1.17 bits per heavy atom. The van der Waals surface area contributed by atoms with Gasteiger partial charge in [0.2, 0.25) is 5.91 Å². The monoisotopic (exact) mass is 430 g/mol. The first kappa shape index (κ1) is 21.6. The number of carbonyl (C=O) groups is 3. The number of nitrogens with zero attached hydrogens (tertiary/aromatic N) is 2. The highest BCUT2D eigenvalue weighted by atomic mass is 35.5. The molecule has 1 aliphatic heterocycles. The van der Waals surface area contributed by atoms with Gasteiger partial charge in [-0.25, -0.2) is 4.79 Å². The fraction of sp³-hybridized carbons (Fsp3) is 0.318. The van der Waals surface area contributed by atoms with Gasteiger partial charge in [0.05, 0.1) is 24.8 Å². The van der Waals surface area contributed by atoms with Crippen molar-refractivity contribution in [1.29, 1.82) is 0 Å². The second-order valence-electron chi connectivity index (χ2n) is 6.75. The molecule has 0 aliphatic carbocycles. The minimum Gasteiger partial charge on any atom is -0.496 e. The molecule has 0 bridgehead atoms. The van der Waals surface area contributed by atoms with Crippen LogP contribution in [0.25, 0.3) is 0 Å². The minimum absolute atomic E-state index is 0.00555. The molecule has 3 rings (SSSR count). The number of benzene rings is 2. The zero-order valence-electron chi connectivity index (χ0n) is 16.9. The molecule has 0 spiro atoms. The van der Waals surface area contributed by atoms with E-state index in [0.29, 0.717) is 35.0 Å². The molecule has 0 unspecified atom stereocenters. The molecule has 2 aromatic carbocycles. The molecule has 2 amide bonds. The standard InChI is InChI=1S/C22H23ClN2O5/c1-3-30-22(28)15-6-9-17(10-7-15)25(14-24-12-4-5-20(24)26)21(27)18-13-16(23)8-11-19(18)29-2/h6-11,13H,3-5,12,14H2,1-2H3. The largest absolute Gasteiger partial charge is 0.496 e. The summed E-state index contributed by atoms with van der Waals surface area (Å²) in [6.45, 7) is 2.68. The molecule has 1 heterocycles. The van der Waals surface area contributed by atoms with Crippen LogP contribution in [-0.4, -0.2) is 49.6 Å². The molecular weight excluding hydrogens is 408 g/mol. The van der Waals surface area contributed by atoms with Gasteiger partial charge in [-0.2, -0.15) is 0 Å². The van der Waals surface area contributed by atoms with Gasteiger partial charge in [-0.1, -0.05) is 11.6 Å². The van der Waals surface area contributed by atoms with Crippen LogP contribution in [0.5, 0.6) is 5.75 Å². The number of rotatable bonds is 7. The van der Waals surface area contributed by atoms with Gasteiger partial charge < -0.3 is 14.4 Å². The van der Waals surface area contributed by atoms with Crippen molar-refractivity contribution < 1.29 is 23.9 Å². The van der Waals surface area contributed by atoms with Crippen molar-refractivity contribution in [2.45, 2.75) is 19.8 Å². The van der Waals surface area contributed by atoms with Crippen LogP contribution >= 0.6 is 11.6 Å². The molecule has 1 aliphatic rings. The zero-order chi connectivity index (χ0) is 21.7. The van der Waals surface area contributed by atoms with E-state index in [0.717, 1.165) is 6.42 Å². The molecule has 0 N–H and O–H groups in total. The van der Waals surface area contributed by atoms with E-state index in [1.807, 2.05) is 0 Å². The highest BCUT2D eigenvalue weighted by molar-refractivity contribution is 6.31. The van der Waals surface area contributed by atoms with Crippen LogP contribution in [0.1, 0.15) is 40.5 Å². The summed E-state index contributed by atoms with van der Waals surface area (Å²) in [5.41, 5.74) is 1.20. The van der Waals surface area contributed by atoms with Gasteiger partial charge in [-0.05, 0) is 55.8 Å². The van der Waals surface area contributed by atoms with Gasteiger partial charge in [0.1, 0.15) is 12.4 Å². The van der Waals surface area contributed by atoms with E-state index < -0.39 is 5.97 Å². The third kappa shape index (κ3) is 4.74. The highest BCUT2D eigenvalue weighted by Gasteiger charge is 2.28. The lowest BCUT2D eigenvalue weighted by molar-refractivity contribution is -0.127. The van der Waals surface area contributed by atoms with Crippen LogP contribution < -0.4 is 9.64 Å². The summed E-state index contributed by atoms with van der Waals surface area (Å²) in [7, 11) is 1.47. The first-order chi connectivity index (χ1) is 14.4. The maximum absolute atomic E-state index is 13.5. The topological polar surface area (TPSA) is 76.2 Å². The molecule has 2 aromatic rings. The maximum atomic E-state index is 13.5. The summed E-state index contributed by atoms with van der Waals surface area (Å²) in [5.74, 6) is -0.426. The summed E-state index contributed by atoms with van der Waals surface area (Å²) in [6.07, 6.45) is 1.22. The molecule has 0 atom stereocenters. The third-order valence-electron chi connectivity index (χ3n) is 4.81. The van der Waals surface area contributed by atoms with Gasteiger partial charge in [0.15, 0.2) is 0 Å². The van der Waals surface area contributed by atoms with Crippen LogP contribution in [0, 0.1) is 0 Å². The van der Waals surface area contributed by atoms with Crippen LogP contribution in [0.15, 0.2) is 42.5 Å². The number of halogens is 1. The Kier molecular flexibility index (Phi) is 6.95. The number of ether oxygens (including phenoxy) is 2. The molecule has 1 saturated heterocycles. The average Bonchev–Trinajstić information content (AvgIpc) is 3.16. The number of methoxy groups -OCH3 is 1. The molecule has 158 valence electrons. The Bertz CT molecular complexity index is 945. The second-order valence-corrected chi connectivity index (χ2v) is 7.18. The Balaban J connectivity index is 1.96. The summed E-state index contributed by atoms with van der Waals surface area (Å²) in [6, 6.07) is 11.3. The normalized spacial score (nSPS) is 13.3. The summed E-state index contributed by atoms with van der Waals surface area (Å²) >= 11 is 6.11. The molecule has 0 saturated carbocycles. The predicted octanol–water partition coefficient (Wildman–Crippen LogP) is 3.75. The number of anilines is 1. The zero-order valence-corrected chi connectivity index (χ0v) is 17.6. The smallest absolute Gasteiger partial charge is 0.338 e. The number of hydrogen-bond donors (Lipinski definition) is 0. The van der Waals surface area contributed by atoms with Crippen molar-refractivity contribution in [2.75, 3.05) is 31.8 Å². The van der Waals surface area contributed by atoms with Crippen molar-refractivity contribution in [3.8, 4) is 5.75 Å². The van der Waals surface area contributed by atoms with Gasteiger partial charge in [-0.15, -0.1) is 0 Å².